The van der Waals surface area contributed by atoms with Gasteiger partial charge in [0, 0.05) is 18.5 Å². The van der Waals surface area contributed by atoms with E-state index in [1.807, 2.05) is 37.3 Å². The standard InChI is InChI=1S/C19H23NO4S2/c1-3-12-24-15-9-6-5-8-14(15)13-16-18(22)20(19(25)26-16)11-7-10-17(21)23-4-2/h5-6,8-9,13H,3-4,7,10-12H2,1-2H3/b16-13+. The monoisotopic (exact) mass is 393 g/mol. The van der Waals surface area contributed by atoms with E-state index in [1.165, 1.54) is 11.8 Å². The SMILES string of the molecule is CCCOc1ccccc1/C=C1/SC(=S)N(CCCC(=O)OCC)C1=O. The van der Waals surface area contributed by atoms with Gasteiger partial charge in [-0.2, -0.15) is 0 Å². The molecule has 1 fully saturated rings. The molecule has 1 aliphatic rings. The van der Waals surface area contributed by atoms with Crippen LogP contribution in [0.15, 0.2) is 29.2 Å². The second-order valence-corrected chi connectivity index (χ2v) is 7.30. The van der Waals surface area contributed by atoms with E-state index in [9.17, 15) is 9.59 Å². The van der Waals surface area contributed by atoms with Crippen molar-refractivity contribution < 1.29 is 19.1 Å². The maximum atomic E-state index is 12.6. The molecule has 0 spiro atoms. The van der Waals surface area contributed by atoms with E-state index in [1.54, 1.807) is 11.8 Å². The van der Waals surface area contributed by atoms with Gasteiger partial charge in [-0.05, 0) is 31.9 Å². The molecular weight excluding hydrogens is 370 g/mol. The van der Waals surface area contributed by atoms with E-state index in [0.29, 0.717) is 35.4 Å². The number of carbonyl (C=O) groups excluding carboxylic acids is 2. The minimum Gasteiger partial charge on any atom is -0.493 e. The van der Waals surface area contributed by atoms with Gasteiger partial charge in [-0.15, -0.1) is 0 Å². The van der Waals surface area contributed by atoms with E-state index in [2.05, 4.69) is 0 Å². The molecule has 0 atom stereocenters. The first-order valence-electron chi connectivity index (χ1n) is 8.69. The third kappa shape index (κ3) is 5.57. The van der Waals surface area contributed by atoms with Crippen LogP contribution in [0.4, 0.5) is 0 Å². The van der Waals surface area contributed by atoms with Crippen molar-refractivity contribution in [3.05, 3.63) is 34.7 Å². The maximum Gasteiger partial charge on any atom is 0.305 e. The van der Waals surface area contributed by atoms with Gasteiger partial charge in [0.25, 0.3) is 5.91 Å². The number of carbonyl (C=O) groups is 2. The Morgan fingerprint density at radius 3 is 2.81 bits per heavy atom. The summed E-state index contributed by atoms with van der Waals surface area (Å²) >= 11 is 6.60. The summed E-state index contributed by atoms with van der Waals surface area (Å²) in [5, 5.41) is 0. The molecular formula is C19H23NO4S2. The van der Waals surface area contributed by atoms with E-state index >= 15 is 0 Å². The smallest absolute Gasteiger partial charge is 0.305 e. The average Bonchev–Trinajstić information content (AvgIpc) is 2.88. The Morgan fingerprint density at radius 1 is 1.31 bits per heavy atom. The number of rotatable bonds is 9. The summed E-state index contributed by atoms with van der Waals surface area (Å²) in [6.45, 7) is 5.22. The van der Waals surface area contributed by atoms with Crippen molar-refractivity contribution in [3.63, 3.8) is 0 Å². The fourth-order valence-corrected chi connectivity index (χ4v) is 3.69. The molecule has 0 aromatic heterocycles. The molecule has 1 amide bonds. The van der Waals surface area contributed by atoms with Crippen molar-refractivity contribution in [3.8, 4) is 5.75 Å². The van der Waals surface area contributed by atoms with Crippen LogP contribution in [0.25, 0.3) is 6.08 Å². The first-order valence-corrected chi connectivity index (χ1v) is 9.92. The van der Waals surface area contributed by atoms with Gasteiger partial charge in [0.15, 0.2) is 0 Å². The Morgan fingerprint density at radius 2 is 2.08 bits per heavy atom. The summed E-state index contributed by atoms with van der Waals surface area (Å²) in [6, 6.07) is 7.62. The van der Waals surface area contributed by atoms with Crippen LogP contribution in [0.3, 0.4) is 0 Å². The molecule has 1 aromatic carbocycles. The third-order valence-electron chi connectivity index (χ3n) is 3.61. The highest BCUT2D eigenvalue weighted by Crippen LogP contribution is 2.34. The molecule has 0 aliphatic carbocycles. The summed E-state index contributed by atoms with van der Waals surface area (Å²) in [5.41, 5.74) is 0.855. The summed E-state index contributed by atoms with van der Waals surface area (Å²) < 4.78 is 11.1. The molecule has 1 aromatic rings. The Hall–Kier alpha value is -1.86. The Kier molecular flexibility index (Phi) is 8.12. The topological polar surface area (TPSA) is 55.8 Å². The first kappa shape index (κ1) is 20.5. The van der Waals surface area contributed by atoms with Crippen LogP contribution in [-0.2, 0) is 14.3 Å². The number of thioether (sulfide) groups is 1. The Balaban J connectivity index is 2.04. The number of amides is 1. The second-order valence-electron chi connectivity index (χ2n) is 5.63. The molecule has 1 aliphatic heterocycles. The molecule has 0 N–H and O–H groups in total. The highest BCUT2D eigenvalue weighted by molar-refractivity contribution is 8.26. The third-order valence-corrected chi connectivity index (χ3v) is 4.99. The van der Waals surface area contributed by atoms with Crippen molar-refractivity contribution in [2.75, 3.05) is 19.8 Å². The summed E-state index contributed by atoms with van der Waals surface area (Å²) in [6.07, 6.45) is 3.53. The van der Waals surface area contributed by atoms with E-state index in [-0.39, 0.29) is 18.3 Å². The molecule has 140 valence electrons. The van der Waals surface area contributed by atoms with Gasteiger partial charge < -0.3 is 9.47 Å². The molecule has 0 saturated carbocycles. The zero-order valence-electron chi connectivity index (χ0n) is 15.0. The number of ether oxygens (including phenoxy) is 2. The van der Waals surface area contributed by atoms with Crippen LogP contribution < -0.4 is 4.74 Å². The number of hydrogen-bond acceptors (Lipinski definition) is 6. The van der Waals surface area contributed by atoms with Crippen molar-refractivity contribution in [2.45, 2.75) is 33.1 Å². The maximum absolute atomic E-state index is 12.6. The molecule has 5 nitrogen and oxygen atoms in total. The van der Waals surface area contributed by atoms with Gasteiger partial charge in [0.05, 0.1) is 18.1 Å². The lowest BCUT2D eigenvalue weighted by atomic mass is 10.2. The highest BCUT2D eigenvalue weighted by Gasteiger charge is 2.31. The minimum absolute atomic E-state index is 0.130. The quantitative estimate of drug-likeness (QED) is 0.359. The molecule has 0 bridgehead atoms. The fourth-order valence-electron chi connectivity index (χ4n) is 2.39. The van der Waals surface area contributed by atoms with Crippen molar-refractivity contribution in [1.82, 2.24) is 4.90 Å². The van der Waals surface area contributed by atoms with Crippen molar-refractivity contribution >= 4 is 46.3 Å². The van der Waals surface area contributed by atoms with E-state index in [0.717, 1.165) is 17.7 Å². The van der Waals surface area contributed by atoms with Crippen LogP contribution in [0, 0.1) is 0 Å². The lowest BCUT2D eigenvalue weighted by molar-refractivity contribution is -0.143. The normalized spacial score (nSPS) is 15.6. The molecule has 7 heteroatoms. The van der Waals surface area contributed by atoms with Crippen LogP contribution in [0.5, 0.6) is 5.75 Å². The van der Waals surface area contributed by atoms with Crippen molar-refractivity contribution in [1.29, 1.82) is 0 Å². The second kappa shape index (κ2) is 10.3. The first-order chi connectivity index (χ1) is 12.6. The predicted octanol–water partition coefficient (Wildman–Crippen LogP) is 4.02. The van der Waals surface area contributed by atoms with Crippen LogP contribution in [-0.4, -0.2) is 40.9 Å². The minimum atomic E-state index is -0.254. The molecule has 1 heterocycles. The van der Waals surface area contributed by atoms with Crippen LogP contribution in [0.1, 0.15) is 38.7 Å². The Bertz CT molecular complexity index is 703. The number of para-hydroxylation sites is 1. The number of esters is 1. The molecule has 0 radical (unpaired) electrons. The van der Waals surface area contributed by atoms with Gasteiger partial charge >= 0.3 is 5.97 Å². The number of thiocarbonyl (C=S) groups is 1. The summed E-state index contributed by atoms with van der Waals surface area (Å²) in [4.78, 5) is 26.2. The lowest BCUT2D eigenvalue weighted by Gasteiger charge is -2.13. The molecule has 26 heavy (non-hydrogen) atoms. The molecule has 0 unspecified atom stereocenters. The summed E-state index contributed by atoms with van der Waals surface area (Å²) in [7, 11) is 0. The number of nitrogens with zero attached hydrogens (tertiary/aromatic N) is 1. The van der Waals surface area contributed by atoms with E-state index < -0.39 is 0 Å². The van der Waals surface area contributed by atoms with Crippen LogP contribution >= 0.6 is 24.0 Å². The zero-order chi connectivity index (χ0) is 18.9. The summed E-state index contributed by atoms with van der Waals surface area (Å²) in [5.74, 6) is 0.367. The Labute approximate surface area is 163 Å². The number of benzene rings is 1. The lowest BCUT2D eigenvalue weighted by Crippen LogP contribution is -2.29. The van der Waals surface area contributed by atoms with Crippen molar-refractivity contribution in [2.24, 2.45) is 0 Å². The van der Waals surface area contributed by atoms with Gasteiger partial charge in [-0.1, -0.05) is 49.1 Å². The van der Waals surface area contributed by atoms with Gasteiger partial charge in [-0.3, -0.25) is 14.5 Å². The number of hydrogen-bond donors (Lipinski definition) is 0. The molecule has 1 saturated heterocycles. The van der Waals surface area contributed by atoms with Gasteiger partial charge in [-0.25, -0.2) is 0 Å². The highest BCUT2D eigenvalue weighted by atomic mass is 32.2. The largest absolute Gasteiger partial charge is 0.493 e. The van der Waals surface area contributed by atoms with E-state index in [4.69, 9.17) is 21.7 Å². The zero-order valence-corrected chi connectivity index (χ0v) is 16.7. The van der Waals surface area contributed by atoms with Crippen LogP contribution in [0.2, 0.25) is 0 Å². The average molecular weight is 394 g/mol. The predicted molar refractivity (Wildman–Crippen MR) is 108 cm³/mol. The van der Waals surface area contributed by atoms with Gasteiger partial charge in [0.1, 0.15) is 10.1 Å². The fraction of sp³-hybridized carbons (Fsp3) is 0.421. The van der Waals surface area contributed by atoms with Gasteiger partial charge in [0.2, 0.25) is 0 Å². The molecule has 2 rings (SSSR count).